The Balaban J connectivity index is 0. The van der Waals surface area contributed by atoms with Crippen LogP contribution < -0.4 is 0 Å². The largest absolute Gasteiger partial charge is 0.337 e. The Morgan fingerprint density at radius 1 is 1.36 bits per heavy atom. The van der Waals surface area contributed by atoms with E-state index in [1.165, 1.54) is 0 Å². The van der Waals surface area contributed by atoms with Gasteiger partial charge in [-0.1, -0.05) is 0 Å². The van der Waals surface area contributed by atoms with E-state index in [1.807, 2.05) is 0 Å². The Labute approximate surface area is 81.8 Å². The summed E-state index contributed by atoms with van der Waals surface area (Å²) >= 11 is 10.4. The van der Waals surface area contributed by atoms with Gasteiger partial charge in [0.1, 0.15) is 0 Å². The molecule has 0 radical (unpaired) electrons. The Bertz CT molecular complexity index is 182. The Morgan fingerprint density at radius 3 is 1.91 bits per heavy atom. The van der Waals surface area contributed by atoms with Gasteiger partial charge in [-0.15, -0.1) is 35.6 Å². The first kappa shape index (κ1) is 14.3. The van der Waals surface area contributed by atoms with Gasteiger partial charge < -0.3 is 0 Å². The van der Waals surface area contributed by atoms with Crippen LogP contribution in [-0.4, -0.2) is 35.7 Å². The molecule has 0 bridgehead atoms. The van der Waals surface area contributed by atoms with Crippen molar-refractivity contribution in [2.45, 2.75) is 0 Å². The Morgan fingerprint density at radius 2 is 1.82 bits per heavy atom. The van der Waals surface area contributed by atoms with Gasteiger partial charge in [0.05, 0.1) is 6.00 Å². The van der Waals surface area contributed by atoms with Gasteiger partial charge in [0.15, 0.2) is 0 Å². The molecule has 4 nitrogen and oxygen atoms in total. The van der Waals surface area contributed by atoms with Crippen LogP contribution >= 0.6 is 35.6 Å². The van der Waals surface area contributed by atoms with Crippen molar-refractivity contribution in [2.75, 3.05) is 18.4 Å². The minimum atomic E-state index is -4.16. The lowest BCUT2D eigenvalue weighted by molar-refractivity contribution is 0.389. The molecule has 0 saturated carbocycles. The van der Waals surface area contributed by atoms with E-state index in [-0.39, 0.29) is 30.8 Å². The van der Waals surface area contributed by atoms with E-state index < -0.39 is 10.3 Å². The van der Waals surface area contributed by atoms with Gasteiger partial charge in [-0.2, -0.15) is 12.7 Å². The van der Waals surface area contributed by atoms with Crippen LogP contribution in [-0.2, 0) is 10.3 Å². The molecule has 0 saturated heterocycles. The van der Waals surface area contributed by atoms with Crippen molar-refractivity contribution < 1.29 is 13.0 Å². The highest BCUT2D eigenvalue weighted by Crippen LogP contribution is 1.98. The number of halogens is 3. The second kappa shape index (κ2) is 6.28. The molecule has 0 aliphatic carbocycles. The monoisotopic (exact) mass is 243 g/mol. The molecule has 0 atom stereocenters. The smallest absolute Gasteiger partial charge is 0.273 e. The predicted octanol–water partition coefficient (Wildman–Crippen LogP) is 0.948. The molecule has 0 heterocycles. The zero-order chi connectivity index (χ0) is 8.20. The minimum absolute atomic E-state index is 0. The maximum absolute atomic E-state index is 10.3. The molecule has 11 heavy (non-hydrogen) atoms. The molecule has 0 aromatic carbocycles. The summed E-state index contributed by atoms with van der Waals surface area (Å²) in [5.74, 6) is 0.104. The number of hydrogen-bond acceptors (Lipinski definition) is 2. The molecule has 70 valence electrons. The van der Waals surface area contributed by atoms with Crippen LogP contribution in [0.1, 0.15) is 0 Å². The summed E-state index contributed by atoms with van der Waals surface area (Å²) in [7, 11) is -4.16. The summed E-state index contributed by atoms with van der Waals surface area (Å²) in [6.07, 6.45) is 0. The molecule has 0 amide bonds. The van der Waals surface area contributed by atoms with Crippen LogP contribution in [0.5, 0.6) is 0 Å². The number of alkyl halides is 2. The van der Waals surface area contributed by atoms with E-state index in [0.717, 1.165) is 0 Å². The fraction of sp³-hybridized carbons (Fsp3) is 1.00. The van der Waals surface area contributed by atoms with E-state index >= 15 is 0 Å². The van der Waals surface area contributed by atoms with Crippen molar-refractivity contribution in [1.82, 2.24) is 4.31 Å². The fourth-order valence-electron chi connectivity index (χ4n) is 0.331. The van der Waals surface area contributed by atoms with Gasteiger partial charge in [0, 0.05) is 12.4 Å². The quantitative estimate of drug-likeness (QED) is 0.455. The molecule has 0 rings (SSSR count). The van der Waals surface area contributed by atoms with E-state index in [2.05, 4.69) is 0 Å². The van der Waals surface area contributed by atoms with Crippen LogP contribution in [0.3, 0.4) is 0 Å². The summed E-state index contributed by atoms with van der Waals surface area (Å²) in [5.41, 5.74) is 0. The van der Waals surface area contributed by atoms with Crippen molar-refractivity contribution in [3.63, 3.8) is 0 Å². The van der Waals surface area contributed by atoms with E-state index in [9.17, 15) is 8.42 Å². The topological polar surface area (TPSA) is 57.6 Å². The summed E-state index contributed by atoms with van der Waals surface area (Å²) in [5, 5.41) is 0. The van der Waals surface area contributed by atoms with Crippen LogP contribution in [0.25, 0.3) is 0 Å². The zero-order valence-corrected chi connectivity index (χ0v) is 8.55. The first-order valence-electron chi connectivity index (χ1n) is 2.37. The van der Waals surface area contributed by atoms with E-state index in [1.54, 1.807) is 0 Å². The highest BCUT2D eigenvalue weighted by molar-refractivity contribution is 7.83. The van der Waals surface area contributed by atoms with Crippen molar-refractivity contribution in [3.05, 3.63) is 0 Å². The highest BCUT2D eigenvalue weighted by atomic mass is 35.5. The molecular weight excluding hydrogens is 236 g/mol. The summed E-state index contributed by atoms with van der Waals surface area (Å²) < 4.78 is 29.6. The van der Waals surface area contributed by atoms with Crippen molar-refractivity contribution in [2.24, 2.45) is 0 Å². The molecule has 0 aromatic rings. The zero-order valence-electron chi connectivity index (χ0n) is 5.40. The van der Waals surface area contributed by atoms with Gasteiger partial charge in [-0.3, -0.25) is 4.55 Å². The maximum Gasteiger partial charge on any atom is 0.337 e. The van der Waals surface area contributed by atoms with Crippen molar-refractivity contribution >= 4 is 45.9 Å². The lowest BCUT2D eigenvalue weighted by atomic mass is 10.8. The lowest BCUT2D eigenvalue weighted by Crippen LogP contribution is -2.30. The number of rotatable bonds is 4. The number of nitrogens with zero attached hydrogens (tertiary/aromatic N) is 1. The molecule has 0 unspecified atom stereocenters. The molecular formula is C3H8Cl3NO3S. The normalized spacial score (nSPS) is 11.3. The molecule has 8 heteroatoms. The summed E-state index contributed by atoms with van der Waals surface area (Å²) in [6.45, 7) is 0.0177. The minimum Gasteiger partial charge on any atom is -0.273 e. The third kappa shape index (κ3) is 5.95. The molecule has 0 aliphatic heterocycles. The third-order valence-corrected chi connectivity index (χ3v) is 2.36. The van der Waals surface area contributed by atoms with Gasteiger partial charge in [-0.05, 0) is 0 Å². The van der Waals surface area contributed by atoms with E-state index in [0.29, 0.717) is 4.31 Å². The third-order valence-electron chi connectivity index (χ3n) is 0.794. The SMILES string of the molecule is Cl.O=S(=O)(O)N(CCl)CCCl. The first-order valence-corrected chi connectivity index (χ1v) is 4.83. The van der Waals surface area contributed by atoms with Gasteiger partial charge in [0.2, 0.25) is 0 Å². The molecule has 0 aliphatic rings. The van der Waals surface area contributed by atoms with Gasteiger partial charge >= 0.3 is 10.3 Å². The number of hydrogen-bond donors (Lipinski definition) is 1. The second-order valence-corrected chi connectivity index (χ2v) is 3.49. The van der Waals surface area contributed by atoms with Crippen molar-refractivity contribution in [3.8, 4) is 0 Å². The summed E-state index contributed by atoms with van der Waals surface area (Å²) in [6, 6.07) is -0.286. The molecule has 0 fully saturated rings. The van der Waals surface area contributed by atoms with Crippen LogP contribution in [0.4, 0.5) is 0 Å². The molecule has 0 aromatic heterocycles. The van der Waals surface area contributed by atoms with Gasteiger partial charge in [0.25, 0.3) is 0 Å². The van der Waals surface area contributed by atoms with E-state index in [4.69, 9.17) is 27.8 Å². The van der Waals surface area contributed by atoms with Crippen LogP contribution in [0.15, 0.2) is 0 Å². The maximum atomic E-state index is 10.3. The van der Waals surface area contributed by atoms with Gasteiger partial charge in [-0.25, -0.2) is 0 Å². The molecule has 0 spiro atoms. The Kier molecular flexibility index (Phi) is 8.15. The standard InChI is InChI=1S/C3H7Cl2NO3S.ClH/c4-1-2-6(3-5)10(7,8)9;/h1-3H2,(H,7,8,9);1H. The second-order valence-electron chi connectivity index (χ2n) is 1.46. The summed E-state index contributed by atoms with van der Waals surface area (Å²) in [4.78, 5) is 0. The van der Waals surface area contributed by atoms with Crippen molar-refractivity contribution in [1.29, 1.82) is 0 Å². The van der Waals surface area contributed by atoms with Crippen LogP contribution in [0.2, 0.25) is 0 Å². The Hall–Kier alpha value is 0.740. The van der Waals surface area contributed by atoms with Crippen LogP contribution in [0, 0.1) is 0 Å². The fourth-order valence-corrected chi connectivity index (χ4v) is 1.57. The highest BCUT2D eigenvalue weighted by Gasteiger charge is 2.15. The average Bonchev–Trinajstić information content (AvgIpc) is 1.80. The first-order chi connectivity index (χ1) is 4.52. The molecule has 1 N–H and O–H groups in total. The predicted molar refractivity (Wildman–Crippen MR) is 46.9 cm³/mol. The average molecular weight is 245 g/mol. The lowest BCUT2D eigenvalue weighted by Gasteiger charge is -2.11.